The summed E-state index contributed by atoms with van der Waals surface area (Å²) in [5.74, 6) is -1.76. The van der Waals surface area contributed by atoms with Crippen molar-refractivity contribution in [1.29, 1.82) is 0 Å². The van der Waals surface area contributed by atoms with Crippen LogP contribution in [0.25, 0.3) is 10.9 Å². The first-order valence-corrected chi connectivity index (χ1v) is 11.5. The molecule has 0 aliphatic carbocycles. The SMILES string of the molecule is CC1=C(C(=O)Nc2ccc3[nH]ncc3c2)C(c2ccc(F)c(C(=O)NCc3ccccn3)c2)NC(O)N1. The summed E-state index contributed by atoms with van der Waals surface area (Å²) in [6, 6.07) is 13.8. The third-order valence-electron chi connectivity index (χ3n) is 6.04. The van der Waals surface area contributed by atoms with Crippen molar-refractivity contribution < 1.29 is 19.1 Å². The average molecular weight is 502 g/mol. The Balaban J connectivity index is 1.41. The number of allylic oxidation sites excluding steroid dienone is 1. The molecule has 0 spiro atoms. The van der Waals surface area contributed by atoms with Gasteiger partial charge in [0.05, 0.1) is 41.1 Å². The number of anilines is 1. The highest BCUT2D eigenvalue weighted by molar-refractivity contribution is 6.06. The van der Waals surface area contributed by atoms with Crippen LogP contribution in [0, 0.1) is 5.82 Å². The first-order chi connectivity index (χ1) is 17.9. The summed E-state index contributed by atoms with van der Waals surface area (Å²) >= 11 is 0. The molecule has 1 aliphatic heterocycles. The molecule has 4 aromatic rings. The summed E-state index contributed by atoms with van der Waals surface area (Å²) in [6.07, 6.45) is 2.10. The van der Waals surface area contributed by atoms with E-state index < -0.39 is 30.0 Å². The van der Waals surface area contributed by atoms with Gasteiger partial charge in [-0.1, -0.05) is 12.1 Å². The summed E-state index contributed by atoms with van der Waals surface area (Å²) in [5.41, 5.74) is 2.97. The Bertz CT molecular complexity index is 1500. The number of carbonyl (C=O) groups excluding carboxylic acids is 2. The molecule has 6 N–H and O–H groups in total. The highest BCUT2D eigenvalue weighted by atomic mass is 19.1. The maximum atomic E-state index is 14.7. The normalized spacial score (nSPS) is 17.4. The summed E-state index contributed by atoms with van der Waals surface area (Å²) in [6.45, 7) is 1.79. The molecule has 3 heterocycles. The van der Waals surface area contributed by atoms with E-state index in [1.165, 1.54) is 18.2 Å². The van der Waals surface area contributed by atoms with Crippen LogP contribution >= 0.6 is 0 Å². The maximum Gasteiger partial charge on any atom is 0.255 e. The van der Waals surface area contributed by atoms with Crippen molar-refractivity contribution in [3.63, 3.8) is 0 Å². The van der Waals surface area contributed by atoms with Crippen LogP contribution in [-0.4, -0.2) is 38.5 Å². The number of hydrogen-bond donors (Lipinski definition) is 6. The predicted octanol–water partition coefficient (Wildman–Crippen LogP) is 2.45. The van der Waals surface area contributed by atoms with Crippen LogP contribution < -0.4 is 21.3 Å². The Morgan fingerprint density at radius 2 is 1.97 bits per heavy atom. The van der Waals surface area contributed by atoms with Gasteiger partial charge in [-0.15, -0.1) is 0 Å². The first-order valence-electron chi connectivity index (χ1n) is 11.5. The number of aromatic nitrogens is 3. The summed E-state index contributed by atoms with van der Waals surface area (Å²) < 4.78 is 14.7. The topological polar surface area (TPSA) is 144 Å². The number of aromatic amines is 1. The smallest absolute Gasteiger partial charge is 0.255 e. The molecule has 2 atom stereocenters. The van der Waals surface area contributed by atoms with E-state index in [4.69, 9.17) is 0 Å². The van der Waals surface area contributed by atoms with Gasteiger partial charge < -0.3 is 21.1 Å². The van der Waals surface area contributed by atoms with E-state index in [-0.39, 0.29) is 17.7 Å². The Morgan fingerprint density at radius 3 is 2.78 bits per heavy atom. The molecule has 2 amide bonds. The molecule has 0 saturated heterocycles. The predicted molar refractivity (Wildman–Crippen MR) is 134 cm³/mol. The Morgan fingerprint density at radius 1 is 1.11 bits per heavy atom. The number of pyridine rings is 1. The average Bonchev–Trinajstić information content (AvgIpc) is 3.35. The molecule has 0 radical (unpaired) electrons. The van der Waals surface area contributed by atoms with Gasteiger partial charge in [-0.05, 0) is 55.0 Å². The van der Waals surface area contributed by atoms with E-state index in [0.717, 1.165) is 10.9 Å². The Labute approximate surface area is 211 Å². The van der Waals surface area contributed by atoms with Crippen molar-refractivity contribution in [2.24, 2.45) is 0 Å². The van der Waals surface area contributed by atoms with E-state index in [2.05, 4.69) is 36.4 Å². The molecule has 2 unspecified atom stereocenters. The number of amides is 2. The molecule has 2 aromatic heterocycles. The molecule has 0 saturated carbocycles. The van der Waals surface area contributed by atoms with Crippen LogP contribution in [0.15, 0.2) is 78.3 Å². The van der Waals surface area contributed by atoms with Crippen molar-refractivity contribution in [1.82, 2.24) is 31.1 Å². The third-order valence-corrected chi connectivity index (χ3v) is 6.04. The van der Waals surface area contributed by atoms with Gasteiger partial charge in [0, 0.05) is 23.0 Å². The van der Waals surface area contributed by atoms with Gasteiger partial charge in [0.1, 0.15) is 5.82 Å². The molecular formula is C26H24FN7O3. The second-order valence-corrected chi connectivity index (χ2v) is 8.55. The van der Waals surface area contributed by atoms with Gasteiger partial charge >= 0.3 is 0 Å². The summed E-state index contributed by atoms with van der Waals surface area (Å²) in [4.78, 5) is 30.3. The number of carbonyl (C=O) groups is 2. The lowest BCUT2D eigenvalue weighted by molar-refractivity contribution is -0.113. The third kappa shape index (κ3) is 5.17. The van der Waals surface area contributed by atoms with Crippen molar-refractivity contribution in [2.75, 3.05) is 5.32 Å². The number of aliphatic hydroxyl groups is 1. The standard InChI is InChI=1S/C26H24FN7O3/c1-14-22(25(36)32-17-6-8-21-16(10-17)12-30-34-21)23(33-26(37)31-14)15-5-7-20(27)19(11-15)24(35)29-13-18-4-2-3-9-28-18/h2-12,23,26,31,33,37H,13H2,1H3,(H,29,35)(H,30,34)(H,32,36). The molecular weight excluding hydrogens is 477 g/mol. The fourth-order valence-electron chi connectivity index (χ4n) is 4.23. The first kappa shape index (κ1) is 24.1. The van der Waals surface area contributed by atoms with Gasteiger partial charge in [-0.3, -0.25) is 25.0 Å². The largest absolute Gasteiger partial charge is 0.361 e. The van der Waals surface area contributed by atoms with Crippen molar-refractivity contribution in [3.05, 3.63) is 101 Å². The van der Waals surface area contributed by atoms with Gasteiger partial charge in [0.15, 0.2) is 6.35 Å². The number of H-pyrrole nitrogens is 1. The molecule has 2 aromatic carbocycles. The van der Waals surface area contributed by atoms with Crippen molar-refractivity contribution in [3.8, 4) is 0 Å². The number of nitrogens with zero attached hydrogens (tertiary/aromatic N) is 2. The second-order valence-electron chi connectivity index (χ2n) is 8.55. The van der Waals surface area contributed by atoms with E-state index in [1.807, 2.05) is 0 Å². The number of hydrogen-bond acceptors (Lipinski definition) is 7. The number of fused-ring (bicyclic) bond motifs is 1. The lowest BCUT2D eigenvalue weighted by Crippen LogP contribution is -2.50. The van der Waals surface area contributed by atoms with E-state index in [1.54, 1.807) is 55.7 Å². The van der Waals surface area contributed by atoms with Crippen LogP contribution in [0.2, 0.25) is 0 Å². The van der Waals surface area contributed by atoms with Crippen LogP contribution in [0.5, 0.6) is 0 Å². The van der Waals surface area contributed by atoms with Gasteiger partial charge in [-0.25, -0.2) is 4.39 Å². The van der Waals surface area contributed by atoms with Crippen LogP contribution in [-0.2, 0) is 11.3 Å². The molecule has 0 fully saturated rings. The molecule has 0 bridgehead atoms. The molecule has 188 valence electrons. The quantitative estimate of drug-likeness (QED) is 0.238. The fraction of sp³-hybridized carbons (Fsp3) is 0.154. The Hall–Kier alpha value is -4.61. The summed E-state index contributed by atoms with van der Waals surface area (Å²) in [7, 11) is 0. The van der Waals surface area contributed by atoms with Crippen LogP contribution in [0.4, 0.5) is 10.1 Å². The number of aliphatic hydroxyl groups excluding tert-OH is 1. The minimum Gasteiger partial charge on any atom is -0.361 e. The second kappa shape index (κ2) is 10.2. The molecule has 11 heteroatoms. The monoisotopic (exact) mass is 501 g/mol. The van der Waals surface area contributed by atoms with E-state index >= 15 is 0 Å². The minimum absolute atomic E-state index is 0.126. The Kier molecular flexibility index (Phi) is 6.62. The molecule has 37 heavy (non-hydrogen) atoms. The highest BCUT2D eigenvalue weighted by Gasteiger charge is 2.32. The van der Waals surface area contributed by atoms with E-state index in [0.29, 0.717) is 22.6 Å². The van der Waals surface area contributed by atoms with Gasteiger partial charge in [0.2, 0.25) is 0 Å². The summed E-state index contributed by atoms with van der Waals surface area (Å²) in [5, 5.41) is 29.2. The van der Waals surface area contributed by atoms with E-state index in [9.17, 15) is 19.1 Å². The number of nitrogens with one attached hydrogen (secondary N) is 5. The number of halogens is 1. The fourth-order valence-corrected chi connectivity index (χ4v) is 4.23. The lowest BCUT2D eigenvalue weighted by Gasteiger charge is -2.33. The van der Waals surface area contributed by atoms with Crippen molar-refractivity contribution in [2.45, 2.75) is 25.9 Å². The van der Waals surface area contributed by atoms with Crippen molar-refractivity contribution >= 4 is 28.4 Å². The lowest BCUT2D eigenvalue weighted by atomic mass is 9.93. The zero-order chi connectivity index (χ0) is 25.9. The number of benzene rings is 2. The maximum absolute atomic E-state index is 14.7. The molecule has 1 aliphatic rings. The zero-order valence-corrected chi connectivity index (χ0v) is 19.7. The van der Waals surface area contributed by atoms with Crippen LogP contribution in [0.3, 0.4) is 0 Å². The zero-order valence-electron chi connectivity index (χ0n) is 19.7. The van der Waals surface area contributed by atoms with Gasteiger partial charge in [0.25, 0.3) is 11.8 Å². The van der Waals surface area contributed by atoms with Gasteiger partial charge in [-0.2, -0.15) is 5.10 Å². The minimum atomic E-state index is -1.16. The molecule has 5 rings (SSSR count). The molecule has 10 nitrogen and oxygen atoms in total. The number of rotatable bonds is 6. The highest BCUT2D eigenvalue weighted by Crippen LogP contribution is 2.30. The van der Waals surface area contributed by atoms with Crippen LogP contribution in [0.1, 0.15) is 34.6 Å².